The van der Waals surface area contributed by atoms with E-state index in [1.165, 1.54) is 28.5 Å². The number of carbonyl (C=O) groups excluding carboxylic acids is 2. The first kappa shape index (κ1) is 37.3. The molecule has 1 atom stereocenters. The fourth-order valence-electron chi connectivity index (χ4n) is 4.73. The summed E-state index contributed by atoms with van der Waals surface area (Å²) in [5.41, 5.74) is 6.19. The Labute approximate surface area is 257 Å². The first-order chi connectivity index (χ1) is 19.7. The summed E-state index contributed by atoms with van der Waals surface area (Å²) in [7, 11) is 2.07. The van der Waals surface area contributed by atoms with Crippen LogP contribution in [0.15, 0.2) is 30.3 Å². The van der Waals surface area contributed by atoms with Crippen molar-refractivity contribution in [3.05, 3.63) is 68.3 Å². The van der Waals surface area contributed by atoms with Crippen LogP contribution in [-0.4, -0.2) is 47.7 Å². The number of rotatable bonds is 5. The molecule has 0 aliphatic carbocycles. The van der Waals surface area contributed by atoms with Crippen molar-refractivity contribution in [2.45, 2.75) is 73.9 Å². The number of hydrogen-bond acceptors (Lipinski definition) is 3. The maximum Gasteiger partial charge on any atom is 0.386 e. The number of benzene rings is 2. The van der Waals surface area contributed by atoms with Crippen molar-refractivity contribution in [2.75, 3.05) is 19.7 Å². The maximum absolute atomic E-state index is 13.2. The highest BCUT2D eigenvalue weighted by atomic mass is 35.5. The number of nitrogens with zero attached hydrogens (tertiary/aromatic N) is 2. The molecule has 1 amide bonds. The van der Waals surface area contributed by atoms with Gasteiger partial charge in [0.05, 0.1) is 17.2 Å². The molecule has 0 bridgehead atoms. The van der Waals surface area contributed by atoms with Gasteiger partial charge in [0.1, 0.15) is 0 Å². The van der Waals surface area contributed by atoms with E-state index in [9.17, 15) is 22.8 Å². The molecule has 1 fully saturated rings. The summed E-state index contributed by atoms with van der Waals surface area (Å²) < 4.78 is 37.4. The topological polar surface area (TPSA) is 51.5 Å². The van der Waals surface area contributed by atoms with Crippen molar-refractivity contribution in [2.24, 2.45) is 13.0 Å². The molecular weight excluding hydrogens is 588 g/mol. The highest BCUT2D eigenvalue weighted by molar-refractivity contribution is 6.38. The van der Waals surface area contributed by atoms with Crippen LogP contribution in [0.25, 0.3) is 10.9 Å². The van der Waals surface area contributed by atoms with Gasteiger partial charge in [-0.15, -0.1) is 0 Å². The molecule has 1 aromatic heterocycles. The van der Waals surface area contributed by atoms with Crippen molar-refractivity contribution in [1.82, 2.24) is 9.47 Å². The molecule has 0 saturated carbocycles. The normalized spacial score (nSPS) is 14.5. The van der Waals surface area contributed by atoms with Crippen molar-refractivity contribution in [3.63, 3.8) is 0 Å². The van der Waals surface area contributed by atoms with Gasteiger partial charge in [0.2, 0.25) is 0 Å². The zero-order valence-electron chi connectivity index (χ0n) is 25.8. The second kappa shape index (κ2) is 17.4. The van der Waals surface area contributed by atoms with E-state index in [2.05, 4.69) is 55.3 Å². The monoisotopic (exact) mass is 630 g/mol. The zero-order chi connectivity index (χ0) is 32.2. The van der Waals surface area contributed by atoms with Gasteiger partial charge in [-0.1, -0.05) is 50.0 Å². The molecule has 0 radical (unpaired) electrons. The Morgan fingerprint density at radius 1 is 1.14 bits per heavy atom. The minimum atomic E-state index is -4.00. The molecule has 4 rings (SSSR count). The van der Waals surface area contributed by atoms with Gasteiger partial charge in [0.15, 0.2) is 0 Å². The van der Waals surface area contributed by atoms with Crippen LogP contribution >= 0.6 is 23.2 Å². The van der Waals surface area contributed by atoms with E-state index in [4.69, 9.17) is 23.2 Å². The fourth-order valence-corrected chi connectivity index (χ4v) is 5.31. The number of piperidine rings is 1. The molecular formula is C32H43Cl2F3N2O3. The van der Waals surface area contributed by atoms with Crippen LogP contribution in [0.1, 0.15) is 80.2 Å². The SMILES string of the molecule is CC.CC(F)(F)F.CCOC=O.Cc1cc(C)c2cc(Cc3c(Cl)ccc(C(=O)N4CCC[C@H](C)C4)c3Cl)n(C)c2c1. The maximum atomic E-state index is 13.2. The standard InChI is InChI=1S/C25H28Cl2N2O.C3H6O2.C2H3F3.C2H6/c1-15-6-5-9-29(14-15)25(30)19-7-8-22(26)21(24(19)27)13-18-12-20-17(3)10-16(2)11-23(20)28(18)4;1-2-5-3-4;1-2(3,4)5;1-2/h7-8,10-12,15H,5-6,9,13-14H2,1-4H3;3H,2H2,1H3;1H3;1-2H3/t15-;;;/m0.../s1. The first-order valence-electron chi connectivity index (χ1n) is 14.1. The number of hydrogen-bond donors (Lipinski definition) is 0. The van der Waals surface area contributed by atoms with Crippen molar-refractivity contribution < 1.29 is 27.5 Å². The van der Waals surface area contributed by atoms with Crippen molar-refractivity contribution >= 4 is 46.5 Å². The van der Waals surface area contributed by atoms with Gasteiger partial charge in [-0.05, 0) is 80.5 Å². The number of halogens is 5. The van der Waals surface area contributed by atoms with Crippen molar-refractivity contribution in [1.29, 1.82) is 0 Å². The molecule has 1 saturated heterocycles. The van der Waals surface area contributed by atoms with Crippen LogP contribution < -0.4 is 0 Å². The number of alkyl halides is 3. The van der Waals surface area contributed by atoms with E-state index in [1.54, 1.807) is 19.1 Å². The van der Waals surface area contributed by atoms with E-state index in [1.807, 2.05) is 18.7 Å². The molecule has 2 heterocycles. The van der Waals surface area contributed by atoms with Gasteiger partial charge in [-0.2, -0.15) is 13.2 Å². The third-order valence-corrected chi connectivity index (χ3v) is 7.35. The van der Waals surface area contributed by atoms with Gasteiger partial charge in [0.25, 0.3) is 12.4 Å². The Morgan fingerprint density at radius 3 is 2.29 bits per heavy atom. The Kier molecular flexibility index (Phi) is 15.5. The van der Waals surface area contributed by atoms with E-state index in [0.717, 1.165) is 30.8 Å². The number of carbonyl (C=O) groups is 2. The average molecular weight is 632 g/mol. The average Bonchev–Trinajstić information content (AvgIpc) is 3.22. The minimum Gasteiger partial charge on any atom is -0.468 e. The molecule has 3 aromatic rings. The van der Waals surface area contributed by atoms with E-state index < -0.39 is 6.18 Å². The van der Waals surface area contributed by atoms with E-state index >= 15 is 0 Å². The second-order valence-electron chi connectivity index (χ2n) is 10.1. The highest BCUT2D eigenvalue weighted by Crippen LogP contribution is 2.33. The number of aryl methyl sites for hydroxylation is 3. The summed E-state index contributed by atoms with van der Waals surface area (Å²) in [5.74, 6) is 0.531. The number of amides is 1. The molecule has 234 valence electrons. The summed E-state index contributed by atoms with van der Waals surface area (Å²) in [6, 6.07) is 10.2. The molecule has 2 aromatic carbocycles. The lowest BCUT2D eigenvalue weighted by molar-refractivity contribution is -0.128. The Hall–Kier alpha value is -2.71. The molecule has 1 aliphatic rings. The second-order valence-corrected chi connectivity index (χ2v) is 10.9. The highest BCUT2D eigenvalue weighted by Gasteiger charge is 2.25. The molecule has 10 heteroatoms. The minimum absolute atomic E-state index is 0.00739. The summed E-state index contributed by atoms with van der Waals surface area (Å²) in [4.78, 5) is 24.3. The van der Waals surface area contributed by atoms with Crippen LogP contribution in [-0.2, 0) is 23.0 Å². The van der Waals surface area contributed by atoms with Gasteiger partial charge >= 0.3 is 6.18 Å². The number of ether oxygens (including phenoxy) is 1. The lowest BCUT2D eigenvalue weighted by Crippen LogP contribution is -2.39. The van der Waals surface area contributed by atoms with Crippen LogP contribution in [0.2, 0.25) is 10.0 Å². The predicted molar refractivity (Wildman–Crippen MR) is 167 cm³/mol. The van der Waals surface area contributed by atoms with Crippen LogP contribution in [0.3, 0.4) is 0 Å². The third kappa shape index (κ3) is 11.2. The Morgan fingerprint density at radius 2 is 1.76 bits per heavy atom. The quantitative estimate of drug-likeness (QED) is 0.264. The lowest BCUT2D eigenvalue weighted by Gasteiger charge is -2.31. The van der Waals surface area contributed by atoms with Crippen LogP contribution in [0.5, 0.6) is 0 Å². The Balaban J connectivity index is 0.000000628. The zero-order valence-corrected chi connectivity index (χ0v) is 27.3. The third-order valence-electron chi connectivity index (χ3n) is 6.57. The smallest absolute Gasteiger partial charge is 0.386 e. The molecule has 42 heavy (non-hydrogen) atoms. The van der Waals surface area contributed by atoms with Gasteiger partial charge in [-0.25, -0.2) is 0 Å². The van der Waals surface area contributed by atoms with Crippen LogP contribution in [0.4, 0.5) is 13.2 Å². The van der Waals surface area contributed by atoms with Gasteiger partial charge in [-0.3, -0.25) is 9.59 Å². The fraction of sp³-hybridized carbons (Fsp3) is 0.500. The van der Waals surface area contributed by atoms with E-state index in [0.29, 0.717) is 41.0 Å². The first-order valence-corrected chi connectivity index (χ1v) is 14.9. The Bertz CT molecular complexity index is 1320. The summed E-state index contributed by atoms with van der Waals surface area (Å²) in [5, 5.41) is 2.31. The predicted octanol–water partition coefficient (Wildman–Crippen LogP) is 9.34. The number of aromatic nitrogens is 1. The summed E-state index contributed by atoms with van der Waals surface area (Å²) in [6.07, 6.45) is -1.21. The molecule has 5 nitrogen and oxygen atoms in total. The van der Waals surface area contributed by atoms with Crippen LogP contribution in [0, 0.1) is 19.8 Å². The summed E-state index contributed by atoms with van der Waals surface area (Å²) >= 11 is 13.3. The molecule has 1 aliphatic heterocycles. The van der Waals surface area contributed by atoms with Gasteiger partial charge < -0.3 is 14.2 Å². The lowest BCUT2D eigenvalue weighted by atomic mass is 9.98. The van der Waals surface area contributed by atoms with E-state index in [-0.39, 0.29) is 12.8 Å². The van der Waals surface area contributed by atoms with Crippen molar-refractivity contribution in [3.8, 4) is 0 Å². The molecule has 0 spiro atoms. The number of likely N-dealkylation sites (tertiary alicyclic amines) is 1. The largest absolute Gasteiger partial charge is 0.468 e. The van der Waals surface area contributed by atoms with Gasteiger partial charge in [0, 0.05) is 55.1 Å². The summed E-state index contributed by atoms with van der Waals surface area (Å²) in [6.45, 7) is 14.9. The molecule has 0 N–H and O–H groups in total. The molecule has 0 unspecified atom stereocenters. The number of fused-ring (bicyclic) bond motifs is 1.